The molecule has 2 aromatic rings. The van der Waals surface area contributed by atoms with Gasteiger partial charge in [-0.05, 0) is 17.0 Å². The van der Waals surface area contributed by atoms with Crippen LogP contribution in [0, 0.1) is 11.3 Å². The van der Waals surface area contributed by atoms with E-state index >= 15 is 0 Å². The Labute approximate surface area is 101 Å². The zero-order valence-electron chi connectivity index (χ0n) is 10.2. The minimum absolute atomic E-state index is 0.0819. The summed E-state index contributed by atoms with van der Waals surface area (Å²) in [6.07, 6.45) is 5.17. The van der Waals surface area contributed by atoms with Crippen LogP contribution in [-0.4, -0.2) is 14.5 Å². The summed E-state index contributed by atoms with van der Waals surface area (Å²) in [6.45, 7) is 6.42. The van der Waals surface area contributed by atoms with Gasteiger partial charge >= 0.3 is 0 Å². The molecule has 4 heteroatoms. The molecule has 0 amide bonds. The van der Waals surface area contributed by atoms with E-state index in [4.69, 9.17) is 5.26 Å². The van der Waals surface area contributed by atoms with E-state index in [1.54, 1.807) is 17.0 Å². The Morgan fingerprint density at radius 1 is 1.24 bits per heavy atom. The number of hydrogen-bond donors (Lipinski definition) is 0. The van der Waals surface area contributed by atoms with Crippen molar-refractivity contribution in [2.24, 2.45) is 0 Å². The van der Waals surface area contributed by atoms with Crippen molar-refractivity contribution in [1.82, 2.24) is 14.5 Å². The van der Waals surface area contributed by atoms with Crippen molar-refractivity contribution in [3.8, 4) is 11.9 Å². The highest BCUT2D eigenvalue weighted by Gasteiger charge is 2.14. The lowest BCUT2D eigenvalue weighted by Gasteiger charge is -2.18. The molecular formula is C13H14N4. The van der Waals surface area contributed by atoms with Gasteiger partial charge in [-0.1, -0.05) is 26.8 Å². The number of pyridine rings is 1. The molecule has 0 aliphatic rings. The van der Waals surface area contributed by atoms with E-state index in [9.17, 15) is 0 Å². The number of hydrogen-bond acceptors (Lipinski definition) is 3. The van der Waals surface area contributed by atoms with Crippen molar-refractivity contribution in [3.05, 3.63) is 42.1 Å². The molecule has 0 spiro atoms. The van der Waals surface area contributed by atoms with Crippen molar-refractivity contribution in [2.45, 2.75) is 26.2 Å². The second-order valence-electron chi connectivity index (χ2n) is 4.89. The first-order valence-corrected chi connectivity index (χ1v) is 5.43. The van der Waals surface area contributed by atoms with Crippen molar-refractivity contribution < 1.29 is 0 Å². The Morgan fingerprint density at radius 3 is 2.53 bits per heavy atom. The first-order valence-electron chi connectivity index (χ1n) is 5.43. The molecular weight excluding hydrogens is 212 g/mol. The molecule has 4 nitrogen and oxygen atoms in total. The van der Waals surface area contributed by atoms with E-state index in [-0.39, 0.29) is 5.41 Å². The zero-order valence-corrected chi connectivity index (χ0v) is 10.2. The summed E-state index contributed by atoms with van der Waals surface area (Å²) < 4.78 is 1.67. The van der Waals surface area contributed by atoms with Crippen molar-refractivity contribution >= 4 is 0 Å². The maximum Gasteiger partial charge on any atom is 0.218 e. The van der Waals surface area contributed by atoms with Crippen LogP contribution in [0.5, 0.6) is 0 Å². The Hall–Kier alpha value is -2.15. The van der Waals surface area contributed by atoms with E-state index in [0.29, 0.717) is 11.6 Å². The summed E-state index contributed by atoms with van der Waals surface area (Å²) in [6, 6.07) is 5.97. The van der Waals surface area contributed by atoms with Gasteiger partial charge in [0.25, 0.3) is 0 Å². The lowest BCUT2D eigenvalue weighted by atomic mass is 9.88. The maximum atomic E-state index is 8.89. The summed E-state index contributed by atoms with van der Waals surface area (Å²) in [5.74, 6) is 1.06. The lowest BCUT2D eigenvalue weighted by Crippen LogP contribution is -2.12. The largest absolute Gasteiger partial charge is 0.275 e. The molecule has 0 N–H and O–H groups in total. The highest BCUT2D eigenvalue weighted by molar-refractivity contribution is 5.32. The van der Waals surface area contributed by atoms with Gasteiger partial charge in [-0.25, -0.2) is 9.97 Å². The second-order valence-corrected chi connectivity index (χ2v) is 4.89. The summed E-state index contributed by atoms with van der Waals surface area (Å²) >= 11 is 0. The average Bonchev–Trinajstić information content (AvgIpc) is 2.76. The summed E-state index contributed by atoms with van der Waals surface area (Å²) in [5, 5.41) is 8.89. The normalized spacial score (nSPS) is 11.2. The third kappa shape index (κ3) is 2.18. The van der Waals surface area contributed by atoms with Crippen LogP contribution in [0.3, 0.4) is 0 Å². The molecule has 0 fully saturated rings. The van der Waals surface area contributed by atoms with Gasteiger partial charge in [-0.3, -0.25) is 4.57 Å². The average molecular weight is 226 g/mol. The third-order valence-corrected chi connectivity index (χ3v) is 2.60. The summed E-state index contributed by atoms with van der Waals surface area (Å²) in [7, 11) is 0. The molecule has 2 heterocycles. The SMILES string of the molecule is CC(C)(C)c1ccc(-n2ccnc2C#N)nc1. The molecule has 17 heavy (non-hydrogen) atoms. The molecule has 0 radical (unpaired) electrons. The van der Waals surface area contributed by atoms with Gasteiger partial charge in [-0.2, -0.15) is 5.26 Å². The first-order chi connectivity index (χ1) is 8.02. The van der Waals surface area contributed by atoms with Gasteiger partial charge in [0.1, 0.15) is 11.9 Å². The molecule has 0 aliphatic carbocycles. The zero-order chi connectivity index (χ0) is 12.5. The van der Waals surface area contributed by atoms with Crippen LogP contribution in [0.2, 0.25) is 0 Å². The standard InChI is InChI=1S/C13H14N4/c1-13(2,3)10-4-5-11(16-9-10)17-7-6-15-12(17)8-14/h4-7,9H,1-3H3. The predicted molar refractivity (Wildman–Crippen MR) is 64.8 cm³/mol. The van der Waals surface area contributed by atoms with E-state index < -0.39 is 0 Å². The smallest absolute Gasteiger partial charge is 0.218 e. The van der Waals surface area contributed by atoms with Crippen LogP contribution in [0.25, 0.3) is 5.82 Å². The molecule has 2 rings (SSSR count). The van der Waals surface area contributed by atoms with Gasteiger partial charge in [0, 0.05) is 18.6 Å². The Bertz CT molecular complexity index is 552. The maximum absolute atomic E-state index is 8.89. The minimum Gasteiger partial charge on any atom is -0.275 e. The number of nitriles is 1. The van der Waals surface area contributed by atoms with E-state index in [0.717, 1.165) is 0 Å². The molecule has 0 aliphatic heterocycles. The fraction of sp³-hybridized carbons (Fsp3) is 0.308. The van der Waals surface area contributed by atoms with Crippen LogP contribution < -0.4 is 0 Å². The van der Waals surface area contributed by atoms with E-state index in [1.807, 2.05) is 24.4 Å². The number of imidazole rings is 1. The second kappa shape index (κ2) is 4.02. The highest BCUT2D eigenvalue weighted by atomic mass is 15.1. The van der Waals surface area contributed by atoms with Gasteiger partial charge in [0.2, 0.25) is 5.82 Å². The molecule has 86 valence electrons. The van der Waals surface area contributed by atoms with Crippen LogP contribution in [-0.2, 0) is 5.41 Å². The fourth-order valence-corrected chi connectivity index (χ4v) is 1.54. The van der Waals surface area contributed by atoms with Gasteiger partial charge in [0.15, 0.2) is 0 Å². The van der Waals surface area contributed by atoms with Crippen LogP contribution in [0.1, 0.15) is 32.2 Å². The summed E-state index contributed by atoms with van der Waals surface area (Å²) in [5.41, 5.74) is 1.25. The van der Waals surface area contributed by atoms with Gasteiger partial charge < -0.3 is 0 Å². The molecule has 0 atom stereocenters. The Balaban J connectivity index is 2.40. The molecule has 0 saturated carbocycles. The molecule has 0 bridgehead atoms. The van der Waals surface area contributed by atoms with Crippen LogP contribution in [0.4, 0.5) is 0 Å². The van der Waals surface area contributed by atoms with Crippen LogP contribution >= 0.6 is 0 Å². The van der Waals surface area contributed by atoms with Crippen molar-refractivity contribution in [2.75, 3.05) is 0 Å². The van der Waals surface area contributed by atoms with E-state index in [2.05, 4.69) is 30.7 Å². The number of aromatic nitrogens is 3. The molecule has 0 saturated heterocycles. The monoisotopic (exact) mass is 226 g/mol. The number of nitrogens with zero attached hydrogens (tertiary/aromatic N) is 4. The first kappa shape index (κ1) is 11.3. The fourth-order valence-electron chi connectivity index (χ4n) is 1.54. The Morgan fingerprint density at radius 2 is 2.00 bits per heavy atom. The highest BCUT2D eigenvalue weighted by Crippen LogP contribution is 2.21. The van der Waals surface area contributed by atoms with Crippen LogP contribution in [0.15, 0.2) is 30.7 Å². The topological polar surface area (TPSA) is 54.5 Å². The molecule has 0 unspecified atom stereocenters. The quantitative estimate of drug-likeness (QED) is 0.750. The summed E-state index contributed by atoms with van der Waals surface area (Å²) in [4.78, 5) is 8.31. The predicted octanol–water partition coefficient (Wildman–Crippen LogP) is 2.44. The number of rotatable bonds is 1. The third-order valence-electron chi connectivity index (χ3n) is 2.60. The van der Waals surface area contributed by atoms with Gasteiger partial charge in [0.05, 0.1) is 0 Å². The molecule has 0 aromatic carbocycles. The lowest BCUT2D eigenvalue weighted by molar-refractivity contribution is 0.587. The van der Waals surface area contributed by atoms with Crippen molar-refractivity contribution in [3.63, 3.8) is 0 Å². The van der Waals surface area contributed by atoms with Gasteiger partial charge in [-0.15, -0.1) is 0 Å². The van der Waals surface area contributed by atoms with Crippen molar-refractivity contribution in [1.29, 1.82) is 5.26 Å². The minimum atomic E-state index is 0.0819. The van der Waals surface area contributed by atoms with E-state index in [1.165, 1.54) is 5.56 Å². The Kier molecular flexibility index (Phi) is 2.68. The molecule has 2 aromatic heterocycles.